The third-order valence-corrected chi connectivity index (χ3v) is 83.7. The molecule has 4 atom stereocenters. The molecule has 10 saturated heterocycles. The quantitative estimate of drug-likeness (QED) is 0.559. The number of rotatable bonds is 2. The van der Waals surface area contributed by atoms with Crippen molar-refractivity contribution >= 4 is 33.7 Å². The molecule has 10 heterocycles. The van der Waals surface area contributed by atoms with E-state index in [-0.39, 0.29) is 18.5 Å². The molecule has 4 unspecified atom stereocenters. The predicted molar refractivity (Wildman–Crippen MR) is 57.1 cm³/mol. The Morgan fingerprint density at radius 1 is 0.765 bits per heavy atom. The summed E-state index contributed by atoms with van der Waals surface area (Å²) in [7, 11) is -4.15. The number of fused-ring (bicyclic) bond motifs is 10. The summed E-state index contributed by atoms with van der Waals surface area (Å²) in [6, 6.07) is 0. The van der Waals surface area contributed by atoms with E-state index in [9.17, 15) is 9.59 Å². The molecule has 0 aromatic heterocycles. The number of halogens is 2. The van der Waals surface area contributed by atoms with Crippen LogP contribution in [0.3, 0.4) is 0 Å². The Hall–Kier alpha value is 0.543. The van der Waals surface area contributed by atoms with Crippen LogP contribution in [0.2, 0.25) is 44.1 Å². The van der Waals surface area contributed by atoms with Crippen molar-refractivity contribution in [1.82, 2.24) is 0 Å². The minimum atomic E-state index is -4.15. The third kappa shape index (κ3) is 0.0610. The van der Waals surface area contributed by atoms with E-state index in [1.54, 1.807) is 0 Å². The first-order valence-electron chi connectivity index (χ1n) is 6.43. The number of hydrogen-bond acceptors (Lipinski definition) is 2. The Labute approximate surface area is 94.7 Å². The molecule has 0 aromatic carbocycles. The summed E-state index contributed by atoms with van der Waals surface area (Å²) in [6.07, 6.45) is 0. The minimum absolute atomic E-state index is 0.0957. The van der Waals surface area contributed by atoms with E-state index in [0.29, 0.717) is 9.02 Å². The van der Waals surface area contributed by atoms with Gasteiger partial charge in [0.2, 0.25) is 0 Å². The van der Waals surface area contributed by atoms with Crippen LogP contribution < -0.4 is 0 Å². The zero-order valence-corrected chi connectivity index (χ0v) is 11.8. The maximum atomic E-state index is 12.3. The molecule has 5 heteroatoms. The van der Waals surface area contributed by atoms with Gasteiger partial charge in [0.1, 0.15) is 0 Å². The van der Waals surface area contributed by atoms with Crippen LogP contribution in [0.5, 0.6) is 0 Å². The van der Waals surface area contributed by atoms with Gasteiger partial charge in [0.15, 0.2) is 0 Å². The Morgan fingerprint density at radius 3 is 1.24 bits per heavy atom. The monoisotopic (exact) mass is 356 g/mol. The van der Waals surface area contributed by atoms with Gasteiger partial charge in [-0.1, -0.05) is 0 Å². The van der Waals surface area contributed by atoms with Crippen LogP contribution in [0.1, 0.15) is 0 Å². The average molecular weight is 356 g/mol. The molecule has 2 nitrogen and oxygen atoms in total. The summed E-state index contributed by atoms with van der Waals surface area (Å²) in [6.45, 7) is 0. The van der Waals surface area contributed by atoms with Crippen molar-refractivity contribution in [2.45, 2.75) is 44.1 Å². The van der Waals surface area contributed by atoms with Gasteiger partial charge in [0.25, 0.3) is 0 Å². The Bertz CT molecular complexity index is 1000. The van der Waals surface area contributed by atoms with Crippen LogP contribution in [0.4, 0.5) is 0 Å². The fraction of sp³-hybridized carbons (Fsp3) is 0.833. The van der Waals surface area contributed by atoms with E-state index in [0.717, 1.165) is 27.1 Å². The molecule has 17 heavy (non-hydrogen) atoms. The van der Waals surface area contributed by atoms with Gasteiger partial charge < -0.3 is 0 Å². The van der Waals surface area contributed by atoms with Gasteiger partial charge in [-0.05, 0) is 0 Å². The van der Waals surface area contributed by atoms with Crippen LogP contribution in [-0.4, -0.2) is 10.5 Å². The summed E-state index contributed by atoms with van der Waals surface area (Å²) in [5.74, 6) is 0. The van der Waals surface area contributed by atoms with Gasteiger partial charge >= 0.3 is 95.1 Å². The van der Waals surface area contributed by atoms with Crippen LogP contribution >= 0.6 is 23.2 Å². The molecule has 10 aliphatic rings. The van der Waals surface area contributed by atoms with Crippen LogP contribution in [0.25, 0.3) is 0 Å². The molecule has 0 N–H and O–H groups in total. The van der Waals surface area contributed by atoms with Crippen molar-refractivity contribution in [2.24, 2.45) is 0 Å². The summed E-state index contributed by atoms with van der Waals surface area (Å²) in [5.41, 5.74) is 0. The number of carbonyl (C=O) groups excluding carboxylic acids is 2. The van der Waals surface area contributed by atoms with Crippen molar-refractivity contribution in [3.8, 4) is 0 Å². The van der Waals surface area contributed by atoms with Gasteiger partial charge in [0, 0.05) is 0 Å². The van der Waals surface area contributed by atoms with Crippen LogP contribution in [-0.2, 0) is 17.3 Å². The fourth-order valence-corrected chi connectivity index (χ4v) is 156. The zero-order valence-electron chi connectivity index (χ0n) is 8.54. The van der Waals surface area contributed by atoms with Crippen LogP contribution in [0, 0.1) is 0 Å². The zero-order chi connectivity index (χ0) is 11.1. The first kappa shape index (κ1) is 6.81. The van der Waals surface area contributed by atoms with Crippen LogP contribution in [0.15, 0.2) is 0 Å². The van der Waals surface area contributed by atoms with Crippen molar-refractivity contribution in [2.75, 3.05) is 0 Å². The van der Waals surface area contributed by atoms with Crippen molar-refractivity contribution in [3.05, 3.63) is 0 Å². The third-order valence-electron chi connectivity index (χ3n) is 15.4. The molecule has 0 aliphatic carbocycles. The summed E-state index contributed by atoms with van der Waals surface area (Å²) in [5, 5.41) is -0.191. The molecule has 10 fully saturated rings. The maximum absolute atomic E-state index is 12.3. The Morgan fingerprint density at radius 2 is 1.12 bits per heavy atom. The molecule has 0 aromatic rings. The first-order valence-corrected chi connectivity index (χ1v) is 17.0. The normalized spacial score (nSPS) is 123. The van der Waals surface area contributed by atoms with Gasteiger partial charge in [-0.3, -0.25) is 0 Å². The molecule has 0 amide bonds. The van der Waals surface area contributed by atoms with E-state index in [2.05, 4.69) is 0 Å². The van der Waals surface area contributed by atoms with Crippen molar-refractivity contribution in [1.29, 1.82) is 0 Å². The molecule has 10 rings (SSSR count). The van der Waals surface area contributed by atoms with Gasteiger partial charge in [-0.15, -0.1) is 0 Å². The second-order valence-corrected chi connectivity index (χ2v) is 47.5. The Balaban J connectivity index is 1.81. The standard InChI is InChI=1S/C7H3Cl2O2.C5H5.Ru/c8-6(10)4-2-1-3-5(4)7(9)11;1-2-4-5-3-1;/h1-3H;1-5H;. The van der Waals surface area contributed by atoms with E-state index in [1.807, 2.05) is 0 Å². The molecule has 0 radical (unpaired) electrons. The molecule has 0 saturated carbocycles. The fourth-order valence-electron chi connectivity index (χ4n) is 17.7. The second-order valence-electron chi connectivity index (χ2n) is 10.3. The molecule has 1 spiro atoms. The number of hydrogen-bond donors (Lipinski definition) is 0. The first-order chi connectivity index (χ1) is 7.82. The number of carbonyl (C=O) groups is 2. The topological polar surface area (TPSA) is 34.1 Å². The van der Waals surface area contributed by atoms with Gasteiger partial charge in [0.05, 0.1) is 0 Å². The van der Waals surface area contributed by atoms with Crippen molar-refractivity contribution in [3.63, 3.8) is 0 Å². The van der Waals surface area contributed by atoms with E-state index >= 15 is 0 Å². The molecular weight excluding hydrogens is 348 g/mol. The predicted octanol–water partition coefficient (Wildman–Crippen LogP) is 3.65. The van der Waals surface area contributed by atoms with E-state index in [1.165, 1.54) is 0 Å². The average Bonchev–Trinajstić information content (AvgIpc) is 3.22. The van der Waals surface area contributed by atoms with E-state index < -0.39 is 7.72 Å². The van der Waals surface area contributed by atoms with Gasteiger partial charge in [-0.25, -0.2) is 0 Å². The molecular formula is C12H8Cl2O2Ru. The summed E-state index contributed by atoms with van der Waals surface area (Å²) >= 11 is 12.2. The summed E-state index contributed by atoms with van der Waals surface area (Å²) < 4.78 is 6.45. The SMILES string of the molecule is O=C(Cl)[C]12[CH]3[CH]4[CH]5[C]1(C(=O)Cl)[Ru]43521678[CH]2[CH]1[CH]6[CH]7[CH]28. The van der Waals surface area contributed by atoms with Crippen molar-refractivity contribution < 1.29 is 17.3 Å². The van der Waals surface area contributed by atoms with Gasteiger partial charge in [-0.2, -0.15) is 0 Å². The molecule has 90 valence electrons. The van der Waals surface area contributed by atoms with E-state index in [4.69, 9.17) is 23.2 Å². The molecule has 0 bridgehead atoms. The summed E-state index contributed by atoms with van der Waals surface area (Å²) in [4.78, 5) is 24.6. The second kappa shape index (κ2) is 0.522. The Kier molecular flexibility index (Phi) is 0.209. The molecule has 10 aliphatic heterocycles.